The van der Waals surface area contributed by atoms with Crippen molar-refractivity contribution >= 4 is 7.25 Å². The van der Waals surface area contributed by atoms with Gasteiger partial charge in [0.05, 0.1) is 26.3 Å². The van der Waals surface area contributed by atoms with Gasteiger partial charge in [-0.05, 0) is 19.3 Å². The van der Waals surface area contributed by atoms with Crippen LogP contribution in [-0.4, -0.2) is 51.1 Å². The van der Waals surface area contributed by atoms with Crippen LogP contribution < -0.4 is 0 Å². The standard InChI is InChI=1S/C9H18NO.BF4/c1-2-4-10(5-3-1)6-8-11-9-7-10;2-1(3,4)5/h1-9H2;/q+1;-1. The van der Waals surface area contributed by atoms with E-state index in [1.807, 2.05) is 0 Å². The van der Waals surface area contributed by atoms with Gasteiger partial charge in [0.25, 0.3) is 0 Å². The van der Waals surface area contributed by atoms with E-state index in [0.717, 1.165) is 13.2 Å². The molecular weight excluding hydrogens is 225 g/mol. The minimum Gasteiger partial charge on any atom is -0.418 e. The summed E-state index contributed by atoms with van der Waals surface area (Å²) < 4.78 is 45.8. The molecule has 0 N–H and O–H groups in total. The molecule has 2 aliphatic heterocycles. The van der Waals surface area contributed by atoms with Gasteiger partial charge in [-0.25, -0.2) is 0 Å². The molecular formula is C9H18BF4NO. The average Bonchev–Trinajstić information content (AvgIpc) is 2.17. The van der Waals surface area contributed by atoms with Crippen molar-refractivity contribution in [2.75, 3.05) is 39.4 Å². The molecule has 0 saturated carbocycles. The van der Waals surface area contributed by atoms with E-state index in [1.165, 1.54) is 49.9 Å². The molecule has 2 aliphatic rings. The third-order valence-corrected chi connectivity index (χ3v) is 3.18. The van der Waals surface area contributed by atoms with Gasteiger partial charge in [-0.3, -0.25) is 0 Å². The van der Waals surface area contributed by atoms with E-state index in [1.54, 1.807) is 0 Å². The zero-order valence-corrected chi connectivity index (χ0v) is 9.31. The first kappa shape index (κ1) is 13.8. The SMILES string of the molecule is C1CC[N+]2(CC1)CCOCC2.F[B-](F)(F)F. The molecule has 2 heterocycles. The van der Waals surface area contributed by atoms with Crippen molar-refractivity contribution in [3.8, 4) is 0 Å². The quantitative estimate of drug-likeness (QED) is 0.360. The topological polar surface area (TPSA) is 9.23 Å². The highest BCUT2D eigenvalue weighted by Crippen LogP contribution is 2.20. The molecule has 0 unspecified atom stereocenters. The van der Waals surface area contributed by atoms with Crippen LogP contribution in [-0.2, 0) is 4.74 Å². The van der Waals surface area contributed by atoms with Gasteiger partial charge in [0.15, 0.2) is 0 Å². The van der Waals surface area contributed by atoms with Gasteiger partial charge in [0.2, 0.25) is 0 Å². The Labute approximate surface area is 93.3 Å². The smallest absolute Gasteiger partial charge is 0.418 e. The summed E-state index contributed by atoms with van der Waals surface area (Å²) in [7, 11) is -6.00. The fourth-order valence-electron chi connectivity index (χ4n) is 2.36. The maximum absolute atomic E-state index is 9.75. The second kappa shape index (κ2) is 5.86. The number of piperidine rings is 1. The lowest BCUT2D eigenvalue weighted by Gasteiger charge is -2.43. The number of rotatable bonds is 0. The summed E-state index contributed by atoms with van der Waals surface area (Å²) in [6.45, 7) is 7.40. The summed E-state index contributed by atoms with van der Waals surface area (Å²) in [5.41, 5.74) is 0. The third kappa shape index (κ3) is 5.70. The Hall–Kier alpha value is -0.295. The molecule has 96 valence electrons. The molecule has 0 bridgehead atoms. The fraction of sp³-hybridized carbons (Fsp3) is 1.00. The molecule has 0 aliphatic carbocycles. The lowest BCUT2D eigenvalue weighted by atomic mass is 10.1. The van der Waals surface area contributed by atoms with Gasteiger partial charge < -0.3 is 26.5 Å². The molecule has 0 aromatic rings. The maximum Gasteiger partial charge on any atom is 0.673 e. The van der Waals surface area contributed by atoms with Gasteiger partial charge in [-0.1, -0.05) is 0 Å². The molecule has 2 fully saturated rings. The minimum atomic E-state index is -6.00. The second-order valence-electron chi connectivity index (χ2n) is 4.40. The Morgan fingerprint density at radius 2 is 1.19 bits per heavy atom. The molecule has 16 heavy (non-hydrogen) atoms. The third-order valence-electron chi connectivity index (χ3n) is 3.18. The summed E-state index contributed by atoms with van der Waals surface area (Å²) in [6.07, 6.45) is 4.35. The summed E-state index contributed by atoms with van der Waals surface area (Å²) in [5, 5.41) is 0. The normalized spacial score (nSPS) is 24.8. The van der Waals surface area contributed by atoms with Gasteiger partial charge in [-0.15, -0.1) is 0 Å². The Bertz CT molecular complexity index is 175. The van der Waals surface area contributed by atoms with E-state index in [-0.39, 0.29) is 0 Å². The summed E-state index contributed by atoms with van der Waals surface area (Å²) in [4.78, 5) is 0. The number of ether oxygens (including phenoxy) is 1. The molecule has 0 radical (unpaired) electrons. The van der Waals surface area contributed by atoms with E-state index in [4.69, 9.17) is 4.74 Å². The lowest BCUT2D eigenvalue weighted by molar-refractivity contribution is -0.939. The zero-order valence-electron chi connectivity index (χ0n) is 9.31. The van der Waals surface area contributed by atoms with E-state index in [9.17, 15) is 17.3 Å². The Kier molecular flexibility index (Phi) is 5.05. The van der Waals surface area contributed by atoms with Crippen LogP contribution in [0.5, 0.6) is 0 Å². The first-order chi connectivity index (χ1) is 7.41. The number of halogens is 4. The number of nitrogens with zero attached hydrogens (tertiary/aromatic N) is 1. The van der Waals surface area contributed by atoms with Gasteiger partial charge in [0.1, 0.15) is 13.1 Å². The maximum atomic E-state index is 9.75. The predicted molar refractivity (Wildman–Crippen MR) is 54.6 cm³/mol. The van der Waals surface area contributed by atoms with Crippen LogP contribution in [0.1, 0.15) is 19.3 Å². The summed E-state index contributed by atoms with van der Waals surface area (Å²) in [6, 6.07) is 0. The highest BCUT2D eigenvalue weighted by atomic mass is 19.5. The molecule has 2 nitrogen and oxygen atoms in total. The van der Waals surface area contributed by atoms with Crippen LogP contribution in [0, 0.1) is 0 Å². The first-order valence-corrected chi connectivity index (χ1v) is 5.72. The number of morpholine rings is 1. The second-order valence-corrected chi connectivity index (χ2v) is 4.40. The van der Waals surface area contributed by atoms with E-state index in [0.29, 0.717) is 0 Å². The highest BCUT2D eigenvalue weighted by molar-refractivity contribution is 6.50. The number of quaternary nitrogens is 1. The van der Waals surface area contributed by atoms with Crippen molar-refractivity contribution in [2.24, 2.45) is 0 Å². The van der Waals surface area contributed by atoms with Crippen molar-refractivity contribution in [3.05, 3.63) is 0 Å². The molecule has 0 aromatic carbocycles. The van der Waals surface area contributed by atoms with Crippen molar-refractivity contribution < 1.29 is 26.5 Å². The molecule has 0 atom stereocenters. The van der Waals surface area contributed by atoms with Crippen molar-refractivity contribution in [3.63, 3.8) is 0 Å². The molecule has 2 rings (SSSR count). The predicted octanol–water partition coefficient (Wildman–Crippen LogP) is 2.32. The molecule has 0 aromatic heterocycles. The van der Waals surface area contributed by atoms with Crippen LogP contribution in [0.2, 0.25) is 0 Å². The van der Waals surface area contributed by atoms with Crippen LogP contribution in [0.4, 0.5) is 17.3 Å². The van der Waals surface area contributed by atoms with Crippen molar-refractivity contribution in [2.45, 2.75) is 19.3 Å². The number of hydrogen-bond donors (Lipinski definition) is 0. The van der Waals surface area contributed by atoms with Crippen LogP contribution in [0.15, 0.2) is 0 Å². The lowest BCUT2D eigenvalue weighted by Crippen LogP contribution is -2.57. The molecule has 7 heteroatoms. The van der Waals surface area contributed by atoms with Crippen LogP contribution in [0.3, 0.4) is 0 Å². The van der Waals surface area contributed by atoms with Crippen molar-refractivity contribution in [1.82, 2.24) is 0 Å². The Morgan fingerprint density at radius 1 is 0.750 bits per heavy atom. The minimum absolute atomic E-state index is 1.00. The Balaban J connectivity index is 0.000000221. The van der Waals surface area contributed by atoms with Gasteiger partial charge >= 0.3 is 7.25 Å². The summed E-state index contributed by atoms with van der Waals surface area (Å²) in [5.74, 6) is 0. The highest BCUT2D eigenvalue weighted by Gasteiger charge is 2.31. The Morgan fingerprint density at radius 3 is 1.62 bits per heavy atom. The zero-order chi connectivity index (χ0) is 12.1. The molecule has 0 amide bonds. The van der Waals surface area contributed by atoms with Gasteiger partial charge in [-0.2, -0.15) is 0 Å². The monoisotopic (exact) mass is 243 g/mol. The van der Waals surface area contributed by atoms with Gasteiger partial charge in [0, 0.05) is 0 Å². The van der Waals surface area contributed by atoms with Crippen molar-refractivity contribution in [1.29, 1.82) is 0 Å². The van der Waals surface area contributed by atoms with E-state index in [2.05, 4.69) is 0 Å². The summed E-state index contributed by atoms with van der Waals surface area (Å²) >= 11 is 0. The van der Waals surface area contributed by atoms with E-state index >= 15 is 0 Å². The van der Waals surface area contributed by atoms with Crippen LogP contribution in [0.25, 0.3) is 0 Å². The van der Waals surface area contributed by atoms with Crippen LogP contribution >= 0.6 is 0 Å². The first-order valence-electron chi connectivity index (χ1n) is 5.72. The molecule has 2 saturated heterocycles. The average molecular weight is 243 g/mol. The largest absolute Gasteiger partial charge is 0.673 e. The number of hydrogen-bond acceptors (Lipinski definition) is 1. The molecule has 1 spiro atoms. The van der Waals surface area contributed by atoms with E-state index < -0.39 is 7.25 Å². The fourth-order valence-corrected chi connectivity index (χ4v) is 2.36.